The minimum Gasteiger partial charge on any atom is -0.367 e. The van der Waals surface area contributed by atoms with Gasteiger partial charge in [0.2, 0.25) is 5.91 Å². The summed E-state index contributed by atoms with van der Waals surface area (Å²) in [7, 11) is 0. The smallest absolute Gasteiger partial charge is 0.255 e. The molecular formula is C20H25N3O2. The largest absolute Gasteiger partial charge is 0.367 e. The van der Waals surface area contributed by atoms with Gasteiger partial charge in [0, 0.05) is 38.6 Å². The first-order valence-electron chi connectivity index (χ1n) is 8.72. The molecular weight excluding hydrogens is 314 g/mol. The van der Waals surface area contributed by atoms with E-state index in [2.05, 4.69) is 37.9 Å². The van der Waals surface area contributed by atoms with Crippen LogP contribution in [0.2, 0.25) is 0 Å². The first kappa shape index (κ1) is 17.3. The van der Waals surface area contributed by atoms with Crippen LogP contribution in [0.4, 0.5) is 0 Å². The van der Waals surface area contributed by atoms with Crippen molar-refractivity contribution in [1.82, 2.24) is 14.8 Å². The Bertz CT molecular complexity index is 772. The zero-order valence-corrected chi connectivity index (χ0v) is 15.1. The van der Waals surface area contributed by atoms with Crippen LogP contribution in [0.15, 0.2) is 30.6 Å². The van der Waals surface area contributed by atoms with Crippen LogP contribution in [0.1, 0.15) is 32.6 Å². The summed E-state index contributed by atoms with van der Waals surface area (Å²) in [5.74, 6) is 0.165. The van der Waals surface area contributed by atoms with E-state index in [1.54, 1.807) is 18.5 Å². The highest BCUT2D eigenvalue weighted by atomic mass is 16.2. The fourth-order valence-corrected chi connectivity index (χ4v) is 3.28. The highest BCUT2D eigenvalue weighted by Gasteiger charge is 2.25. The number of benzene rings is 1. The summed E-state index contributed by atoms with van der Waals surface area (Å²) in [4.78, 5) is 31.6. The Morgan fingerprint density at radius 2 is 1.60 bits per heavy atom. The van der Waals surface area contributed by atoms with Crippen LogP contribution in [0.25, 0.3) is 0 Å². The van der Waals surface area contributed by atoms with Crippen molar-refractivity contribution in [1.29, 1.82) is 0 Å². The van der Waals surface area contributed by atoms with Crippen LogP contribution in [0.3, 0.4) is 0 Å². The fourth-order valence-electron chi connectivity index (χ4n) is 3.28. The number of carbonyl (C=O) groups is 2. The van der Waals surface area contributed by atoms with E-state index in [0.29, 0.717) is 38.2 Å². The van der Waals surface area contributed by atoms with Crippen LogP contribution >= 0.6 is 0 Å². The van der Waals surface area contributed by atoms with Gasteiger partial charge < -0.3 is 14.8 Å². The number of amides is 2. The average Bonchev–Trinajstić information content (AvgIpc) is 3.13. The molecule has 1 fully saturated rings. The maximum Gasteiger partial charge on any atom is 0.255 e. The van der Waals surface area contributed by atoms with E-state index in [0.717, 1.165) is 11.1 Å². The molecule has 3 rings (SSSR count). The second kappa shape index (κ2) is 7.13. The van der Waals surface area contributed by atoms with Gasteiger partial charge in [-0.15, -0.1) is 0 Å². The second-order valence-electron chi connectivity index (χ2n) is 6.81. The van der Waals surface area contributed by atoms with Crippen molar-refractivity contribution in [2.75, 3.05) is 26.2 Å². The van der Waals surface area contributed by atoms with Gasteiger partial charge >= 0.3 is 0 Å². The molecule has 132 valence electrons. The molecule has 25 heavy (non-hydrogen) atoms. The van der Waals surface area contributed by atoms with E-state index in [9.17, 15) is 9.59 Å². The fraction of sp³-hybridized carbons (Fsp3) is 0.400. The van der Waals surface area contributed by atoms with E-state index in [1.165, 1.54) is 11.1 Å². The van der Waals surface area contributed by atoms with Crippen molar-refractivity contribution in [2.24, 2.45) is 0 Å². The second-order valence-corrected chi connectivity index (χ2v) is 6.81. The third kappa shape index (κ3) is 3.76. The molecule has 0 unspecified atom stereocenters. The predicted octanol–water partition coefficient (Wildman–Crippen LogP) is 2.47. The van der Waals surface area contributed by atoms with E-state index >= 15 is 0 Å². The Morgan fingerprint density at radius 1 is 0.960 bits per heavy atom. The first-order valence-corrected chi connectivity index (χ1v) is 8.72. The molecule has 5 heteroatoms. The highest BCUT2D eigenvalue weighted by molar-refractivity contribution is 5.94. The Labute approximate surface area is 148 Å². The SMILES string of the molecule is Cc1cc(C)c(CC(=O)N2CCN(C(=O)c3cc[nH]c3)CC2)cc1C. The van der Waals surface area contributed by atoms with Crippen molar-refractivity contribution >= 4 is 11.8 Å². The lowest BCUT2D eigenvalue weighted by Crippen LogP contribution is -2.51. The van der Waals surface area contributed by atoms with Gasteiger partial charge in [0.05, 0.1) is 12.0 Å². The summed E-state index contributed by atoms with van der Waals surface area (Å²) in [6.07, 6.45) is 3.89. The standard InChI is InChI=1S/C20H25N3O2/c1-14-10-16(3)18(11-15(14)2)12-19(24)22-6-8-23(9-7-22)20(25)17-4-5-21-13-17/h4-5,10-11,13,21H,6-9,12H2,1-3H3. The van der Waals surface area contributed by atoms with Crippen molar-refractivity contribution in [3.63, 3.8) is 0 Å². The Hall–Kier alpha value is -2.56. The number of aryl methyl sites for hydroxylation is 3. The van der Waals surface area contributed by atoms with E-state index < -0.39 is 0 Å². The molecule has 5 nitrogen and oxygen atoms in total. The molecule has 2 aromatic rings. The minimum absolute atomic E-state index is 0.0263. The third-order valence-electron chi connectivity index (χ3n) is 5.06. The van der Waals surface area contributed by atoms with Crippen LogP contribution < -0.4 is 0 Å². The van der Waals surface area contributed by atoms with Gasteiger partial charge in [-0.25, -0.2) is 0 Å². The molecule has 0 bridgehead atoms. The molecule has 1 aliphatic rings. The van der Waals surface area contributed by atoms with Gasteiger partial charge in [0.15, 0.2) is 0 Å². The number of piperazine rings is 1. The molecule has 1 saturated heterocycles. The molecule has 1 aliphatic heterocycles. The Balaban J connectivity index is 1.59. The predicted molar refractivity (Wildman–Crippen MR) is 97.6 cm³/mol. The normalized spacial score (nSPS) is 14.7. The molecule has 2 heterocycles. The van der Waals surface area contributed by atoms with Gasteiger partial charge in [-0.05, 0) is 49.1 Å². The third-order valence-corrected chi connectivity index (χ3v) is 5.06. The van der Waals surface area contributed by atoms with Crippen molar-refractivity contribution in [2.45, 2.75) is 27.2 Å². The lowest BCUT2D eigenvalue weighted by Gasteiger charge is -2.34. The van der Waals surface area contributed by atoms with E-state index in [4.69, 9.17) is 0 Å². The zero-order chi connectivity index (χ0) is 18.0. The molecule has 2 amide bonds. The minimum atomic E-state index is 0.0263. The topological polar surface area (TPSA) is 56.4 Å². The molecule has 0 radical (unpaired) electrons. The number of hydrogen-bond acceptors (Lipinski definition) is 2. The molecule has 0 aliphatic carbocycles. The summed E-state index contributed by atoms with van der Waals surface area (Å²) in [6.45, 7) is 8.59. The lowest BCUT2D eigenvalue weighted by atomic mass is 9.98. The van der Waals surface area contributed by atoms with E-state index in [-0.39, 0.29) is 11.8 Å². The maximum atomic E-state index is 12.6. The summed E-state index contributed by atoms with van der Waals surface area (Å²) in [5, 5.41) is 0. The average molecular weight is 339 g/mol. The van der Waals surface area contributed by atoms with Gasteiger partial charge in [-0.3, -0.25) is 9.59 Å². The van der Waals surface area contributed by atoms with Crippen LogP contribution in [-0.2, 0) is 11.2 Å². The summed E-state index contributed by atoms with van der Waals surface area (Å²) >= 11 is 0. The monoisotopic (exact) mass is 339 g/mol. The number of nitrogens with zero attached hydrogens (tertiary/aromatic N) is 2. The summed E-state index contributed by atoms with van der Waals surface area (Å²) in [6, 6.07) is 6.04. The number of carbonyl (C=O) groups excluding carboxylic acids is 2. The zero-order valence-electron chi connectivity index (χ0n) is 15.1. The Kier molecular flexibility index (Phi) is 4.93. The van der Waals surface area contributed by atoms with Gasteiger partial charge in [0.1, 0.15) is 0 Å². The van der Waals surface area contributed by atoms with Crippen molar-refractivity contribution < 1.29 is 9.59 Å². The lowest BCUT2D eigenvalue weighted by molar-refractivity contribution is -0.131. The molecule has 1 N–H and O–H groups in total. The van der Waals surface area contributed by atoms with Crippen LogP contribution in [0, 0.1) is 20.8 Å². The van der Waals surface area contributed by atoms with Crippen LogP contribution in [-0.4, -0.2) is 52.8 Å². The number of rotatable bonds is 3. The van der Waals surface area contributed by atoms with Gasteiger partial charge in [-0.1, -0.05) is 12.1 Å². The molecule has 1 aromatic heterocycles. The number of nitrogens with one attached hydrogen (secondary N) is 1. The summed E-state index contributed by atoms with van der Waals surface area (Å²) < 4.78 is 0. The summed E-state index contributed by atoms with van der Waals surface area (Å²) in [5.41, 5.74) is 5.41. The van der Waals surface area contributed by atoms with Gasteiger partial charge in [0.25, 0.3) is 5.91 Å². The number of aromatic amines is 1. The Morgan fingerprint density at radius 3 is 2.24 bits per heavy atom. The van der Waals surface area contributed by atoms with E-state index in [1.807, 2.05) is 9.80 Å². The highest BCUT2D eigenvalue weighted by Crippen LogP contribution is 2.17. The molecule has 0 atom stereocenters. The number of H-pyrrole nitrogens is 1. The van der Waals surface area contributed by atoms with Gasteiger partial charge in [-0.2, -0.15) is 0 Å². The first-order chi connectivity index (χ1) is 12.0. The van der Waals surface area contributed by atoms with Crippen LogP contribution in [0.5, 0.6) is 0 Å². The van der Waals surface area contributed by atoms with Crippen molar-refractivity contribution in [3.05, 3.63) is 58.4 Å². The molecule has 0 saturated carbocycles. The number of aromatic nitrogens is 1. The number of hydrogen-bond donors (Lipinski definition) is 1. The maximum absolute atomic E-state index is 12.6. The quantitative estimate of drug-likeness (QED) is 0.934. The molecule has 1 aromatic carbocycles. The molecule has 0 spiro atoms. The van der Waals surface area contributed by atoms with Crippen molar-refractivity contribution in [3.8, 4) is 0 Å².